The predicted octanol–water partition coefficient (Wildman–Crippen LogP) is 4.57. The number of ketones is 1. The zero-order valence-corrected chi connectivity index (χ0v) is 16.0. The van der Waals surface area contributed by atoms with E-state index >= 15 is 4.39 Å². The number of hydrogen-bond donors (Lipinski definition) is 0. The molecule has 5 heteroatoms. The second-order valence-electron chi connectivity index (χ2n) is 9.78. The van der Waals surface area contributed by atoms with Gasteiger partial charge in [0.05, 0.1) is 0 Å². The molecule has 0 radical (unpaired) electrons. The Hall–Kier alpha value is -1.00. The minimum Gasteiger partial charge on any atom is -0.462 e. The molecule has 0 unspecified atom stereocenters. The third kappa shape index (κ3) is 2.27. The van der Waals surface area contributed by atoms with Crippen molar-refractivity contribution in [1.29, 1.82) is 0 Å². The number of esters is 1. The normalized spacial score (nSPS) is 53.4. The lowest BCUT2D eigenvalue weighted by Crippen LogP contribution is -2.65. The van der Waals surface area contributed by atoms with Gasteiger partial charge in [0.25, 0.3) is 0 Å². The van der Waals surface area contributed by atoms with Crippen molar-refractivity contribution in [2.75, 3.05) is 0 Å². The highest BCUT2D eigenvalue weighted by Gasteiger charge is 2.69. The molecule has 0 saturated heterocycles. The van der Waals surface area contributed by atoms with Crippen LogP contribution in [0.5, 0.6) is 0 Å². The zero-order valence-electron chi connectivity index (χ0n) is 16.0. The van der Waals surface area contributed by atoms with Gasteiger partial charge in [-0.3, -0.25) is 9.59 Å². The monoisotopic (exact) mass is 368 g/mol. The first-order chi connectivity index (χ1) is 12.1. The van der Waals surface area contributed by atoms with E-state index in [1.54, 1.807) is 0 Å². The summed E-state index contributed by atoms with van der Waals surface area (Å²) in [5, 5.41) is 0. The van der Waals surface area contributed by atoms with Crippen LogP contribution in [-0.4, -0.2) is 29.7 Å². The lowest BCUT2D eigenvalue weighted by Gasteiger charge is -2.61. The van der Waals surface area contributed by atoms with Crippen LogP contribution in [0.3, 0.4) is 0 Å². The van der Waals surface area contributed by atoms with Crippen LogP contribution in [0, 0.1) is 28.6 Å². The highest BCUT2D eigenvalue weighted by atomic mass is 19.2. The Kier molecular flexibility index (Phi) is 4.06. The van der Waals surface area contributed by atoms with Gasteiger partial charge >= 0.3 is 5.97 Å². The number of hydrogen-bond acceptors (Lipinski definition) is 3. The molecule has 0 N–H and O–H groups in total. The van der Waals surface area contributed by atoms with E-state index in [0.717, 1.165) is 25.7 Å². The number of rotatable bonds is 1. The maximum absolute atomic E-state index is 15.8. The Morgan fingerprint density at radius 2 is 1.85 bits per heavy atom. The van der Waals surface area contributed by atoms with Crippen LogP contribution in [-0.2, 0) is 14.3 Å². The number of Topliss-reactive ketones (excluding diaryl/α,β-unsaturated/α-hetero) is 1. The van der Waals surface area contributed by atoms with Crippen molar-refractivity contribution < 1.29 is 23.1 Å². The summed E-state index contributed by atoms with van der Waals surface area (Å²) in [5.41, 5.74) is -2.89. The molecule has 0 spiro atoms. The number of carbonyl (C=O) groups excluding carboxylic acids is 2. The first kappa shape index (κ1) is 18.4. The number of alkyl halides is 2. The highest BCUT2D eigenvalue weighted by Crippen LogP contribution is 2.67. The Morgan fingerprint density at radius 3 is 2.54 bits per heavy atom. The van der Waals surface area contributed by atoms with Crippen LogP contribution in [0.15, 0.2) is 0 Å². The average Bonchev–Trinajstić information content (AvgIpc) is 2.87. The van der Waals surface area contributed by atoms with Crippen LogP contribution in [0.1, 0.15) is 72.1 Å². The number of ether oxygens (including phenoxy) is 1. The minimum atomic E-state index is -2.01. The largest absolute Gasteiger partial charge is 0.462 e. The van der Waals surface area contributed by atoms with Gasteiger partial charge in [-0.1, -0.05) is 13.8 Å². The summed E-state index contributed by atoms with van der Waals surface area (Å²) in [6, 6.07) is 0. The van der Waals surface area contributed by atoms with Crippen LogP contribution in [0.25, 0.3) is 0 Å². The molecule has 4 aliphatic carbocycles. The van der Waals surface area contributed by atoms with Crippen LogP contribution in [0.2, 0.25) is 0 Å². The van der Waals surface area contributed by atoms with Gasteiger partial charge in [0.1, 0.15) is 12.3 Å². The Morgan fingerprint density at radius 1 is 1.12 bits per heavy atom. The van der Waals surface area contributed by atoms with Gasteiger partial charge in [-0.2, -0.15) is 0 Å². The molecule has 26 heavy (non-hydrogen) atoms. The molecule has 8 atom stereocenters. The fourth-order valence-electron chi connectivity index (χ4n) is 7.29. The van der Waals surface area contributed by atoms with Gasteiger partial charge in [-0.15, -0.1) is 0 Å². The summed E-state index contributed by atoms with van der Waals surface area (Å²) < 4.78 is 35.4. The lowest BCUT2D eigenvalue weighted by atomic mass is 9.44. The Labute approximate surface area is 154 Å². The molecule has 0 bridgehead atoms. The standard InChI is InChI=1S/C21H30F2O3/c1-12(24)26-18-5-4-15-14-10-17(25)21(23)11-13(22)6-9-20(21,3)16(14)7-8-19(15,18)2/h13-16,18H,4-11H2,1-3H3/t13-,14+,15+,16+,18+,19+,20-,21+/m1/s1. The summed E-state index contributed by atoms with van der Waals surface area (Å²) >= 11 is 0. The molecule has 4 rings (SSSR count). The molecule has 0 aromatic rings. The van der Waals surface area contributed by atoms with Crippen molar-refractivity contribution in [3.8, 4) is 0 Å². The molecule has 0 heterocycles. The van der Waals surface area contributed by atoms with Gasteiger partial charge in [0, 0.05) is 30.6 Å². The van der Waals surface area contributed by atoms with E-state index in [1.807, 2.05) is 6.92 Å². The number of fused-ring (bicyclic) bond motifs is 5. The Bertz CT molecular complexity index is 637. The summed E-state index contributed by atoms with van der Waals surface area (Å²) in [6.07, 6.45) is 2.92. The van der Waals surface area contributed by atoms with Crippen molar-refractivity contribution in [2.24, 2.45) is 28.6 Å². The van der Waals surface area contributed by atoms with Crippen molar-refractivity contribution in [3.05, 3.63) is 0 Å². The zero-order chi connectivity index (χ0) is 18.9. The van der Waals surface area contributed by atoms with Crippen LogP contribution in [0.4, 0.5) is 8.78 Å². The van der Waals surface area contributed by atoms with Gasteiger partial charge in [-0.25, -0.2) is 8.78 Å². The average molecular weight is 368 g/mol. The molecular weight excluding hydrogens is 338 g/mol. The Balaban J connectivity index is 1.66. The first-order valence-corrected chi connectivity index (χ1v) is 10.2. The molecule has 0 aromatic carbocycles. The molecule has 0 aromatic heterocycles. The lowest BCUT2D eigenvalue weighted by molar-refractivity contribution is -0.191. The van der Waals surface area contributed by atoms with E-state index in [2.05, 4.69) is 6.92 Å². The number of carbonyl (C=O) groups is 2. The molecular formula is C21H30F2O3. The molecule has 4 fully saturated rings. The quantitative estimate of drug-likeness (QED) is 0.637. The van der Waals surface area contributed by atoms with Crippen LogP contribution < -0.4 is 0 Å². The molecule has 0 amide bonds. The van der Waals surface area contributed by atoms with Gasteiger partial charge in [0.2, 0.25) is 0 Å². The second-order valence-corrected chi connectivity index (χ2v) is 9.78. The predicted molar refractivity (Wildman–Crippen MR) is 92.9 cm³/mol. The van der Waals surface area contributed by atoms with Crippen molar-refractivity contribution in [3.63, 3.8) is 0 Å². The molecule has 146 valence electrons. The minimum absolute atomic E-state index is 0.104. The van der Waals surface area contributed by atoms with E-state index in [9.17, 15) is 14.0 Å². The van der Waals surface area contributed by atoms with E-state index in [-0.39, 0.29) is 53.9 Å². The van der Waals surface area contributed by atoms with Gasteiger partial charge in [0.15, 0.2) is 11.5 Å². The van der Waals surface area contributed by atoms with Crippen molar-refractivity contribution >= 4 is 11.8 Å². The van der Waals surface area contributed by atoms with E-state index in [4.69, 9.17) is 4.74 Å². The summed E-state index contributed by atoms with van der Waals surface area (Å²) in [7, 11) is 0. The summed E-state index contributed by atoms with van der Waals surface area (Å²) in [5.74, 6) is -0.115. The summed E-state index contributed by atoms with van der Waals surface area (Å²) in [6.45, 7) is 5.52. The third-order valence-electron chi connectivity index (χ3n) is 8.72. The van der Waals surface area contributed by atoms with E-state index in [0.29, 0.717) is 12.8 Å². The summed E-state index contributed by atoms with van der Waals surface area (Å²) in [4.78, 5) is 24.4. The van der Waals surface area contributed by atoms with Crippen LogP contribution >= 0.6 is 0 Å². The molecule has 3 nitrogen and oxygen atoms in total. The number of halogens is 2. The highest BCUT2D eigenvalue weighted by molar-refractivity contribution is 5.90. The van der Waals surface area contributed by atoms with E-state index < -0.39 is 17.3 Å². The topological polar surface area (TPSA) is 43.4 Å². The maximum atomic E-state index is 15.8. The van der Waals surface area contributed by atoms with Gasteiger partial charge < -0.3 is 4.74 Å². The molecule has 4 saturated carbocycles. The van der Waals surface area contributed by atoms with Gasteiger partial charge in [-0.05, 0) is 56.3 Å². The smallest absolute Gasteiger partial charge is 0.302 e. The third-order valence-corrected chi connectivity index (χ3v) is 8.72. The fraction of sp³-hybridized carbons (Fsp3) is 0.905. The fourth-order valence-corrected chi connectivity index (χ4v) is 7.29. The van der Waals surface area contributed by atoms with Crippen molar-refractivity contribution in [2.45, 2.75) is 90.1 Å². The molecule has 0 aliphatic heterocycles. The maximum Gasteiger partial charge on any atom is 0.302 e. The van der Waals surface area contributed by atoms with E-state index in [1.165, 1.54) is 6.92 Å². The molecule has 4 aliphatic rings. The van der Waals surface area contributed by atoms with Crippen molar-refractivity contribution in [1.82, 2.24) is 0 Å². The first-order valence-electron chi connectivity index (χ1n) is 10.2. The SMILES string of the molecule is CC(=O)O[C@H]1CC[C@H]2[C@@H]3CC(=O)[C@@]4(F)C[C@H](F)CC[C@]4(C)[C@H]3CC[C@]12C. The second kappa shape index (κ2) is 5.75.